The lowest BCUT2D eigenvalue weighted by Gasteiger charge is -2.44. The summed E-state index contributed by atoms with van der Waals surface area (Å²) in [5.74, 6) is 1.66. The summed E-state index contributed by atoms with van der Waals surface area (Å²) < 4.78 is 32.8. The van der Waals surface area contributed by atoms with E-state index >= 15 is 0 Å². The number of esters is 2. The van der Waals surface area contributed by atoms with Gasteiger partial charge < -0.3 is 23.1 Å². The molecule has 0 saturated heterocycles. The summed E-state index contributed by atoms with van der Waals surface area (Å²) in [6, 6.07) is 21.0. The minimum atomic E-state index is -2.11. The monoisotopic (exact) mass is 1060 g/mol. The second-order valence-electron chi connectivity index (χ2n) is 25.5. The van der Waals surface area contributed by atoms with Crippen LogP contribution in [0.1, 0.15) is 194 Å². The van der Waals surface area contributed by atoms with Gasteiger partial charge in [-0.2, -0.15) is 0 Å². The van der Waals surface area contributed by atoms with Gasteiger partial charge in [0.1, 0.15) is 5.75 Å². The molecule has 3 aromatic rings. The third-order valence-electron chi connectivity index (χ3n) is 17.2. The molecule has 4 rings (SSSR count). The van der Waals surface area contributed by atoms with Crippen molar-refractivity contribution in [3.05, 3.63) is 101 Å². The Kier molecular flexibility index (Phi) is 24.9. The molecule has 1 aliphatic carbocycles. The smallest absolute Gasteiger partial charge is 0.333 e. The maximum Gasteiger partial charge on any atom is 0.333 e. The van der Waals surface area contributed by atoms with Crippen LogP contribution in [-0.4, -0.2) is 61.6 Å². The zero-order valence-electron chi connectivity index (χ0n) is 50.2. The first-order valence-corrected chi connectivity index (χ1v) is 35.0. The molecule has 0 atom stereocenters. The van der Waals surface area contributed by atoms with Crippen molar-refractivity contribution in [3.8, 4) is 28.0 Å². The summed E-state index contributed by atoms with van der Waals surface area (Å²) in [7, 11) is -4.21. The van der Waals surface area contributed by atoms with E-state index in [1.165, 1.54) is 73.6 Å². The van der Waals surface area contributed by atoms with Crippen molar-refractivity contribution in [1.29, 1.82) is 0 Å². The molecule has 0 radical (unpaired) electrons. The van der Waals surface area contributed by atoms with Gasteiger partial charge in [0.2, 0.25) is 0 Å². The van der Waals surface area contributed by atoms with E-state index in [-0.39, 0.29) is 40.6 Å². The fourth-order valence-electron chi connectivity index (χ4n) is 9.81. The molecule has 1 aliphatic rings. The average Bonchev–Trinajstić information content (AvgIpc) is 3.36. The zero-order chi connectivity index (χ0) is 55.6. The van der Waals surface area contributed by atoms with Crippen molar-refractivity contribution in [2.24, 2.45) is 11.3 Å². The third kappa shape index (κ3) is 19.3. The van der Waals surface area contributed by atoms with E-state index in [1.54, 1.807) is 13.8 Å². The van der Waals surface area contributed by atoms with Crippen LogP contribution in [0.5, 0.6) is 5.75 Å². The predicted molar refractivity (Wildman–Crippen MR) is 322 cm³/mol. The standard InChI is InChI=1S/C66H104O7Si2/c1-18-21-23-26-51-29-31-53(32-30-51)54-33-35-55(36-34-54)60-38-37-56(44-52(60)20-3)59-45-57(27-24-41-70-62(67)49(4)5)61(58(46-59)28-25-42-71-63(68)50(6)7)69-43-40-66(39-22-19-2,47-72-74(14,15)64(8,9)10)48-73-75(16,17)65(11,12)13/h33-38,44-46,51,53H,4,6,18-32,39-43,47-48H2,1-3,5,7-17H3/t51-,53-. The quantitative estimate of drug-likeness (QED) is 0.0275. The highest BCUT2D eigenvalue weighted by Gasteiger charge is 2.43. The van der Waals surface area contributed by atoms with Crippen LogP contribution in [0.2, 0.25) is 36.3 Å². The third-order valence-corrected chi connectivity index (χ3v) is 26.1. The minimum absolute atomic E-state index is 0.0686. The summed E-state index contributed by atoms with van der Waals surface area (Å²) in [6.45, 7) is 43.3. The molecule has 0 amide bonds. The number of carbonyl (C=O) groups is 2. The van der Waals surface area contributed by atoms with E-state index in [2.05, 4.69) is 156 Å². The van der Waals surface area contributed by atoms with Gasteiger partial charge in [0.25, 0.3) is 0 Å². The Morgan fingerprint density at radius 1 is 0.587 bits per heavy atom. The lowest BCUT2D eigenvalue weighted by molar-refractivity contribution is -0.139. The first-order chi connectivity index (χ1) is 35.3. The normalized spacial score (nSPS) is 15.7. The molecule has 75 heavy (non-hydrogen) atoms. The van der Waals surface area contributed by atoms with Gasteiger partial charge in [-0.25, -0.2) is 9.59 Å². The number of aryl methyl sites for hydroxylation is 3. The summed E-state index contributed by atoms with van der Waals surface area (Å²) >= 11 is 0. The molecule has 0 N–H and O–H groups in total. The van der Waals surface area contributed by atoms with E-state index in [0.717, 1.165) is 66.0 Å². The number of benzene rings is 3. The Balaban J connectivity index is 1.76. The molecule has 3 aromatic carbocycles. The van der Waals surface area contributed by atoms with Gasteiger partial charge >= 0.3 is 11.9 Å². The van der Waals surface area contributed by atoms with Gasteiger partial charge in [-0.1, -0.05) is 156 Å². The SMILES string of the molecule is C=C(C)C(=O)OCCCc1cc(-c2ccc(-c3ccc([C@H]4CC[C@H](CCCCC)CC4)cc3)c(CC)c2)cc(CCCOC(=O)C(=C)C)c1OCCC(CCCC)(CO[Si](C)(C)C(C)(C)C)CO[Si](C)(C)C(C)(C)C. The van der Waals surface area contributed by atoms with E-state index in [1.807, 2.05) is 0 Å². The highest BCUT2D eigenvalue weighted by Crippen LogP contribution is 2.44. The number of rotatable bonds is 31. The lowest BCUT2D eigenvalue weighted by Crippen LogP contribution is -2.48. The van der Waals surface area contributed by atoms with Crippen LogP contribution in [0, 0.1) is 11.3 Å². The molecule has 0 aliphatic heterocycles. The molecule has 0 spiro atoms. The van der Waals surface area contributed by atoms with Crippen LogP contribution in [-0.2, 0) is 47.2 Å². The van der Waals surface area contributed by atoms with Crippen molar-refractivity contribution in [2.75, 3.05) is 33.0 Å². The Bertz CT molecular complexity index is 2200. The van der Waals surface area contributed by atoms with Crippen molar-refractivity contribution >= 4 is 28.6 Å². The second kappa shape index (κ2) is 29.3. The van der Waals surface area contributed by atoms with Crippen molar-refractivity contribution in [3.63, 3.8) is 0 Å². The molecule has 0 heterocycles. The molecule has 1 saturated carbocycles. The predicted octanol–water partition coefficient (Wildman–Crippen LogP) is 18.5. The van der Waals surface area contributed by atoms with Crippen molar-refractivity contribution in [1.82, 2.24) is 0 Å². The van der Waals surface area contributed by atoms with Crippen LogP contribution in [0.25, 0.3) is 22.3 Å². The van der Waals surface area contributed by atoms with Crippen LogP contribution in [0.3, 0.4) is 0 Å². The van der Waals surface area contributed by atoms with Gasteiger partial charge in [0, 0.05) is 29.8 Å². The number of ether oxygens (including phenoxy) is 3. The molecule has 0 bridgehead atoms. The highest BCUT2D eigenvalue weighted by molar-refractivity contribution is 6.74. The van der Waals surface area contributed by atoms with Gasteiger partial charge in [0.05, 0.1) is 19.8 Å². The molecular weight excluding hydrogens is 961 g/mol. The number of hydrogen-bond donors (Lipinski definition) is 0. The van der Waals surface area contributed by atoms with Gasteiger partial charge in [0.15, 0.2) is 16.6 Å². The van der Waals surface area contributed by atoms with E-state index in [0.29, 0.717) is 62.6 Å². The number of unbranched alkanes of at least 4 members (excludes halogenated alkanes) is 3. The molecule has 9 heteroatoms. The van der Waals surface area contributed by atoms with Gasteiger partial charge in [-0.3, -0.25) is 0 Å². The largest absolute Gasteiger partial charge is 0.493 e. The summed E-state index contributed by atoms with van der Waals surface area (Å²) in [4.78, 5) is 25.1. The molecule has 7 nitrogen and oxygen atoms in total. The molecule has 418 valence electrons. The van der Waals surface area contributed by atoms with Crippen LogP contribution in [0.4, 0.5) is 0 Å². The second-order valence-corrected chi connectivity index (χ2v) is 35.1. The van der Waals surface area contributed by atoms with Crippen LogP contribution < -0.4 is 4.74 Å². The van der Waals surface area contributed by atoms with E-state index in [9.17, 15) is 9.59 Å². The van der Waals surface area contributed by atoms with Crippen molar-refractivity contribution in [2.45, 2.75) is 227 Å². The summed E-state index contributed by atoms with van der Waals surface area (Å²) in [6.07, 6.45) is 18.1. The van der Waals surface area contributed by atoms with E-state index in [4.69, 9.17) is 23.1 Å². The highest BCUT2D eigenvalue weighted by atomic mass is 28.4. The number of hydrogen-bond acceptors (Lipinski definition) is 7. The Labute approximate surface area is 460 Å². The Hall–Kier alpha value is -3.77. The minimum Gasteiger partial charge on any atom is -0.493 e. The van der Waals surface area contributed by atoms with Crippen molar-refractivity contribution < 1.29 is 32.7 Å². The molecule has 1 fully saturated rings. The Morgan fingerprint density at radius 2 is 1.08 bits per heavy atom. The average molecular weight is 1070 g/mol. The first-order valence-electron chi connectivity index (χ1n) is 29.2. The summed E-state index contributed by atoms with van der Waals surface area (Å²) in [5, 5.41) is 0.137. The molecule has 0 unspecified atom stereocenters. The first kappa shape index (κ1) is 63.8. The topological polar surface area (TPSA) is 80.3 Å². The molecule has 0 aromatic heterocycles. The fourth-order valence-corrected chi connectivity index (χ4v) is 12.0. The van der Waals surface area contributed by atoms with Crippen LogP contribution in [0.15, 0.2) is 78.9 Å². The van der Waals surface area contributed by atoms with Crippen LogP contribution >= 0.6 is 0 Å². The van der Waals surface area contributed by atoms with E-state index < -0.39 is 16.6 Å². The van der Waals surface area contributed by atoms with Gasteiger partial charge in [-0.15, -0.1) is 0 Å². The maximum atomic E-state index is 12.5. The number of carbonyl (C=O) groups excluding carboxylic acids is 2. The lowest BCUT2D eigenvalue weighted by atomic mass is 9.77. The Morgan fingerprint density at radius 3 is 1.55 bits per heavy atom. The van der Waals surface area contributed by atoms with Gasteiger partial charge in [-0.05, 0) is 189 Å². The maximum absolute atomic E-state index is 12.5. The zero-order valence-corrected chi connectivity index (χ0v) is 52.2. The fraction of sp³-hybridized carbons (Fsp3) is 0.636. The molecular formula is C66H104O7Si2. The summed E-state index contributed by atoms with van der Waals surface area (Å²) in [5.41, 5.74) is 10.2.